The zero-order chi connectivity index (χ0) is 13.8. The zero-order valence-electron chi connectivity index (χ0n) is 11.1. The number of ether oxygens (including phenoxy) is 1. The minimum atomic E-state index is -0.458. The first-order valence-corrected chi connectivity index (χ1v) is 6.54. The molecular formula is C12H21ClN2O3. The average Bonchev–Trinajstić information content (AvgIpc) is 2.27. The van der Waals surface area contributed by atoms with Crippen molar-refractivity contribution in [2.45, 2.75) is 45.6 Å². The maximum absolute atomic E-state index is 11.8. The van der Waals surface area contributed by atoms with Crippen molar-refractivity contribution in [3.63, 3.8) is 0 Å². The van der Waals surface area contributed by atoms with Crippen molar-refractivity contribution in [2.75, 3.05) is 13.1 Å². The van der Waals surface area contributed by atoms with Crippen molar-refractivity contribution in [3.05, 3.63) is 0 Å². The molecule has 0 aliphatic carbocycles. The molecule has 0 radical (unpaired) electrons. The minimum Gasteiger partial charge on any atom is -0.444 e. The Labute approximate surface area is 113 Å². The van der Waals surface area contributed by atoms with E-state index < -0.39 is 5.60 Å². The van der Waals surface area contributed by atoms with E-state index in [0.717, 1.165) is 12.8 Å². The average molecular weight is 277 g/mol. The van der Waals surface area contributed by atoms with Gasteiger partial charge in [-0.25, -0.2) is 4.79 Å². The summed E-state index contributed by atoms with van der Waals surface area (Å²) in [4.78, 5) is 13.5. The molecule has 1 aliphatic rings. The van der Waals surface area contributed by atoms with Gasteiger partial charge in [-0.2, -0.15) is 0 Å². The highest BCUT2D eigenvalue weighted by atomic mass is 35.5. The molecule has 104 valence electrons. The van der Waals surface area contributed by atoms with Gasteiger partial charge in [0, 0.05) is 19.5 Å². The SMILES string of the molecule is CC(C)(C)OC(=O)N1CCC(C/C(Cl)=N/O)CC1. The molecule has 18 heavy (non-hydrogen) atoms. The van der Waals surface area contributed by atoms with Crippen molar-refractivity contribution in [3.8, 4) is 0 Å². The fraction of sp³-hybridized carbons (Fsp3) is 0.833. The Kier molecular flexibility index (Phi) is 5.26. The smallest absolute Gasteiger partial charge is 0.410 e. The summed E-state index contributed by atoms with van der Waals surface area (Å²) in [6.07, 6.45) is 2.01. The molecule has 1 heterocycles. The number of halogens is 1. The van der Waals surface area contributed by atoms with Crippen LogP contribution in [0.2, 0.25) is 0 Å². The molecule has 0 bridgehead atoms. The maximum atomic E-state index is 11.8. The molecule has 1 rings (SSSR count). The Hall–Kier alpha value is -0.970. The lowest BCUT2D eigenvalue weighted by molar-refractivity contribution is 0.0186. The van der Waals surface area contributed by atoms with Crippen LogP contribution in [0.1, 0.15) is 40.0 Å². The molecule has 0 unspecified atom stereocenters. The van der Waals surface area contributed by atoms with Crippen LogP contribution in [0, 0.1) is 5.92 Å². The highest BCUT2D eigenvalue weighted by Crippen LogP contribution is 2.23. The van der Waals surface area contributed by atoms with Gasteiger partial charge in [-0.3, -0.25) is 0 Å². The summed E-state index contributed by atoms with van der Waals surface area (Å²) in [7, 11) is 0. The third-order valence-electron chi connectivity index (χ3n) is 2.83. The molecule has 1 aliphatic heterocycles. The van der Waals surface area contributed by atoms with Gasteiger partial charge in [0.2, 0.25) is 0 Å². The first-order valence-electron chi connectivity index (χ1n) is 6.16. The largest absolute Gasteiger partial charge is 0.444 e. The molecule has 0 saturated carbocycles. The van der Waals surface area contributed by atoms with Gasteiger partial charge in [0.05, 0.1) is 0 Å². The fourth-order valence-corrected chi connectivity index (χ4v) is 2.14. The normalized spacial score (nSPS) is 18.9. The second-order valence-electron chi connectivity index (χ2n) is 5.59. The van der Waals surface area contributed by atoms with Gasteiger partial charge in [-0.15, -0.1) is 0 Å². The molecule has 0 aromatic rings. The van der Waals surface area contributed by atoms with Crippen molar-refractivity contribution in [1.29, 1.82) is 0 Å². The quantitative estimate of drug-likeness (QED) is 0.479. The lowest BCUT2D eigenvalue weighted by Gasteiger charge is -2.33. The predicted octanol–water partition coefficient (Wildman–Crippen LogP) is 3.05. The number of amides is 1. The number of hydrogen-bond acceptors (Lipinski definition) is 4. The van der Waals surface area contributed by atoms with Crippen molar-refractivity contribution < 1.29 is 14.7 Å². The standard InChI is InChI=1S/C12H21ClN2O3/c1-12(2,3)18-11(16)15-6-4-9(5-7-15)8-10(13)14-17/h9,17H,4-8H2,1-3H3/b14-10-. The van der Waals surface area contributed by atoms with Crippen LogP contribution in [0.15, 0.2) is 5.16 Å². The Morgan fingerprint density at radius 3 is 2.44 bits per heavy atom. The van der Waals surface area contributed by atoms with Gasteiger partial charge in [0.15, 0.2) is 0 Å². The van der Waals surface area contributed by atoms with E-state index in [1.807, 2.05) is 20.8 Å². The second kappa shape index (κ2) is 6.27. The van der Waals surface area contributed by atoms with E-state index in [0.29, 0.717) is 25.4 Å². The summed E-state index contributed by atoms with van der Waals surface area (Å²) in [5, 5.41) is 11.7. The third-order valence-corrected chi connectivity index (χ3v) is 3.06. The van der Waals surface area contributed by atoms with E-state index >= 15 is 0 Å². The molecule has 1 fully saturated rings. The van der Waals surface area contributed by atoms with Crippen molar-refractivity contribution in [1.82, 2.24) is 4.90 Å². The number of carbonyl (C=O) groups is 1. The Morgan fingerprint density at radius 2 is 2.00 bits per heavy atom. The van der Waals surface area contributed by atoms with E-state index in [1.54, 1.807) is 4.90 Å². The number of rotatable bonds is 2. The summed E-state index contributed by atoms with van der Waals surface area (Å²) in [5.41, 5.74) is -0.458. The Bertz CT molecular complexity index is 318. The summed E-state index contributed by atoms with van der Waals surface area (Å²) >= 11 is 5.68. The molecule has 0 spiro atoms. The Balaban J connectivity index is 2.37. The maximum Gasteiger partial charge on any atom is 0.410 e. The molecule has 1 N–H and O–H groups in total. The lowest BCUT2D eigenvalue weighted by Crippen LogP contribution is -2.41. The van der Waals surface area contributed by atoms with Crippen LogP contribution in [-0.2, 0) is 4.74 Å². The molecule has 0 aromatic heterocycles. The van der Waals surface area contributed by atoms with Crippen LogP contribution < -0.4 is 0 Å². The monoisotopic (exact) mass is 276 g/mol. The zero-order valence-corrected chi connectivity index (χ0v) is 11.9. The van der Waals surface area contributed by atoms with Crippen LogP contribution in [0.5, 0.6) is 0 Å². The van der Waals surface area contributed by atoms with Crippen molar-refractivity contribution in [2.24, 2.45) is 11.1 Å². The highest BCUT2D eigenvalue weighted by molar-refractivity contribution is 6.65. The fourth-order valence-electron chi connectivity index (χ4n) is 1.93. The molecule has 5 nitrogen and oxygen atoms in total. The van der Waals surface area contributed by atoms with E-state index in [1.165, 1.54) is 0 Å². The summed E-state index contributed by atoms with van der Waals surface area (Å²) in [5.74, 6) is 0.368. The summed E-state index contributed by atoms with van der Waals surface area (Å²) in [6.45, 7) is 6.89. The molecule has 1 saturated heterocycles. The van der Waals surface area contributed by atoms with Gasteiger partial charge < -0.3 is 14.8 Å². The molecule has 6 heteroatoms. The van der Waals surface area contributed by atoms with Crippen LogP contribution >= 0.6 is 11.6 Å². The van der Waals surface area contributed by atoms with Crippen molar-refractivity contribution >= 4 is 22.9 Å². The highest BCUT2D eigenvalue weighted by Gasteiger charge is 2.27. The number of hydrogen-bond donors (Lipinski definition) is 1. The lowest BCUT2D eigenvalue weighted by atomic mass is 9.94. The number of oxime groups is 1. The molecule has 0 atom stereocenters. The van der Waals surface area contributed by atoms with E-state index in [2.05, 4.69) is 5.16 Å². The number of likely N-dealkylation sites (tertiary alicyclic amines) is 1. The van der Waals surface area contributed by atoms with Gasteiger partial charge in [-0.05, 0) is 39.5 Å². The topological polar surface area (TPSA) is 62.1 Å². The van der Waals surface area contributed by atoms with Gasteiger partial charge in [-0.1, -0.05) is 16.8 Å². The van der Waals surface area contributed by atoms with Crippen LogP contribution in [-0.4, -0.2) is 40.1 Å². The minimum absolute atomic E-state index is 0.228. The predicted molar refractivity (Wildman–Crippen MR) is 70.2 cm³/mol. The number of carbonyl (C=O) groups excluding carboxylic acids is 1. The molecular weight excluding hydrogens is 256 g/mol. The molecule has 1 amide bonds. The van der Waals surface area contributed by atoms with Crippen LogP contribution in [0.3, 0.4) is 0 Å². The van der Waals surface area contributed by atoms with Crippen LogP contribution in [0.25, 0.3) is 0 Å². The first-order chi connectivity index (χ1) is 8.31. The Morgan fingerprint density at radius 1 is 1.44 bits per heavy atom. The van der Waals surface area contributed by atoms with Gasteiger partial charge in [0.25, 0.3) is 0 Å². The number of nitrogens with zero attached hydrogens (tertiary/aromatic N) is 2. The van der Waals surface area contributed by atoms with Gasteiger partial charge in [0.1, 0.15) is 10.8 Å². The molecule has 0 aromatic carbocycles. The number of piperidine rings is 1. The summed E-state index contributed by atoms with van der Waals surface area (Å²) < 4.78 is 5.31. The third kappa shape index (κ3) is 5.12. The second-order valence-corrected chi connectivity index (χ2v) is 6.03. The summed E-state index contributed by atoms with van der Waals surface area (Å²) in [6, 6.07) is 0. The van der Waals surface area contributed by atoms with E-state index in [9.17, 15) is 4.79 Å². The van der Waals surface area contributed by atoms with E-state index in [-0.39, 0.29) is 11.3 Å². The van der Waals surface area contributed by atoms with E-state index in [4.69, 9.17) is 21.5 Å². The van der Waals surface area contributed by atoms with Gasteiger partial charge >= 0.3 is 6.09 Å². The van der Waals surface area contributed by atoms with Crippen LogP contribution in [0.4, 0.5) is 4.79 Å². The first kappa shape index (κ1) is 15.1.